The smallest absolute Gasteiger partial charge is 0.251 e. The predicted octanol–water partition coefficient (Wildman–Crippen LogP) is 0.683. The van der Waals surface area contributed by atoms with Gasteiger partial charge in [-0.1, -0.05) is 6.08 Å². The van der Waals surface area contributed by atoms with Crippen LogP contribution in [0.4, 0.5) is 4.39 Å². The number of sulfonamides is 1. The number of carbonyl (C=O) groups is 1. The van der Waals surface area contributed by atoms with Crippen molar-refractivity contribution in [1.82, 2.24) is 10.0 Å². The summed E-state index contributed by atoms with van der Waals surface area (Å²) in [5.74, 6) is -1.46. The summed E-state index contributed by atoms with van der Waals surface area (Å²) in [5.41, 5.74) is 0.0345. The summed E-state index contributed by atoms with van der Waals surface area (Å²) < 4.78 is 49.9. The number of methoxy groups -OCH3 is 1. The maximum atomic E-state index is 13.8. The summed E-state index contributed by atoms with van der Waals surface area (Å²) in [4.78, 5) is 11.4. The molecular weight excluding hydrogens is 339 g/mol. The highest BCUT2D eigenvalue weighted by atomic mass is 32.2. The summed E-state index contributed by atoms with van der Waals surface area (Å²) in [7, 11) is -2.51. The lowest BCUT2D eigenvalue weighted by atomic mass is 10.2. The van der Waals surface area contributed by atoms with Gasteiger partial charge in [-0.25, -0.2) is 17.5 Å². The molecule has 0 spiro atoms. The number of nitrogens with one attached hydrogen (secondary N) is 2. The van der Waals surface area contributed by atoms with E-state index < -0.39 is 26.6 Å². The lowest BCUT2D eigenvalue weighted by Crippen LogP contribution is -2.29. The van der Waals surface area contributed by atoms with Crippen molar-refractivity contribution in [3.8, 4) is 0 Å². The van der Waals surface area contributed by atoms with Crippen molar-refractivity contribution in [1.29, 1.82) is 0 Å². The Morgan fingerprint density at radius 1 is 1.33 bits per heavy atom. The number of carbonyl (C=O) groups excluding carboxylic acids is 1. The molecule has 0 aromatic heterocycles. The van der Waals surface area contributed by atoms with E-state index in [1.54, 1.807) is 7.11 Å². The van der Waals surface area contributed by atoms with Crippen molar-refractivity contribution >= 4 is 15.9 Å². The van der Waals surface area contributed by atoms with Gasteiger partial charge < -0.3 is 14.8 Å². The Hall–Kier alpha value is -1.81. The lowest BCUT2D eigenvalue weighted by Gasteiger charge is -2.09. The zero-order chi connectivity index (χ0) is 18.0. The molecule has 9 heteroatoms. The molecule has 2 N–H and O–H groups in total. The van der Waals surface area contributed by atoms with Gasteiger partial charge in [0.2, 0.25) is 10.0 Å². The third-order valence-electron chi connectivity index (χ3n) is 2.86. The van der Waals surface area contributed by atoms with Crippen molar-refractivity contribution in [3.63, 3.8) is 0 Å². The van der Waals surface area contributed by atoms with Crippen LogP contribution >= 0.6 is 0 Å². The van der Waals surface area contributed by atoms with Gasteiger partial charge in [-0.2, -0.15) is 0 Å². The molecule has 0 aliphatic heterocycles. The zero-order valence-electron chi connectivity index (χ0n) is 13.4. The third-order valence-corrected chi connectivity index (χ3v) is 4.30. The topological polar surface area (TPSA) is 93.7 Å². The van der Waals surface area contributed by atoms with E-state index in [4.69, 9.17) is 9.47 Å². The summed E-state index contributed by atoms with van der Waals surface area (Å²) in [6.45, 7) is 4.70. The van der Waals surface area contributed by atoms with E-state index in [1.165, 1.54) is 12.1 Å². The average Bonchev–Trinajstić information content (AvgIpc) is 2.56. The van der Waals surface area contributed by atoms with Crippen molar-refractivity contribution in [2.75, 3.05) is 40.0 Å². The highest BCUT2D eigenvalue weighted by molar-refractivity contribution is 7.89. The molecule has 0 bridgehead atoms. The molecule has 1 aromatic carbocycles. The molecule has 0 saturated heterocycles. The fourth-order valence-corrected chi connectivity index (χ4v) is 2.78. The zero-order valence-corrected chi connectivity index (χ0v) is 14.2. The van der Waals surface area contributed by atoms with Crippen LogP contribution in [0.25, 0.3) is 0 Å². The largest absolute Gasteiger partial charge is 0.382 e. The summed E-state index contributed by atoms with van der Waals surface area (Å²) in [6, 6.07) is 3.14. The van der Waals surface area contributed by atoms with Crippen LogP contribution in [0.2, 0.25) is 0 Å². The Labute approximate surface area is 140 Å². The summed E-state index contributed by atoms with van der Waals surface area (Å²) in [5, 5.41) is 2.56. The van der Waals surface area contributed by atoms with Gasteiger partial charge in [0, 0.05) is 25.8 Å². The monoisotopic (exact) mass is 360 g/mol. The Bertz CT molecular complexity index is 664. The fourth-order valence-electron chi connectivity index (χ4n) is 1.68. The SMILES string of the molecule is C=CCNS(=O)(=O)c1cc(C(=O)NCCOCCOC)ccc1F. The van der Waals surface area contributed by atoms with E-state index >= 15 is 0 Å². The van der Waals surface area contributed by atoms with Crippen molar-refractivity contribution in [3.05, 3.63) is 42.2 Å². The molecular formula is C15H21FN2O5S. The molecule has 1 aromatic rings. The molecule has 0 aliphatic carbocycles. The second-order valence-corrected chi connectivity index (χ2v) is 6.38. The standard InChI is InChI=1S/C15H21FN2O5S/c1-3-6-18-24(20,21)14-11-12(4-5-13(14)16)15(19)17-7-8-23-10-9-22-2/h3-5,11,18H,1,6-10H2,2H3,(H,17,19). The number of hydrogen-bond donors (Lipinski definition) is 2. The Balaban J connectivity index is 2.71. The van der Waals surface area contributed by atoms with Gasteiger partial charge in [0.25, 0.3) is 5.91 Å². The average molecular weight is 360 g/mol. The first-order chi connectivity index (χ1) is 11.4. The first kappa shape index (κ1) is 20.2. The Morgan fingerprint density at radius 2 is 2.08 bits per heavy atom. The number of hydrogen-bond acceptors (Lipinski definition) is 5. The number of amides is 1. The van der Waals surface area contributed by atoms with Gasteiger partial charge in [-0.15, -0.1) is 6.58 Å². The minimum absolute atomic E-state index is 0.0345. The summed E-state index contributed by atoms with van der Waals surface area (Å²) >= 11 is 0. The molecule has 1 amide bonds. The molecule has 0 unspecified atom stereocenters. The van der Waals surface area contributed by atoms with E-state index in [0.29, 0.717) is 13.2 Å². The van der Waals surface area contributed by atoms with E-state index in [9.17, 15) is 17.6 Å². The highest BCUT2D eigenvalue weighted by Gasteiger charge is 2.20. The number of ether oxygens (including phenoxy) is 2. The molecule has 0 fully saturated rings. The van der Waals surface area contributed by atoms with Gasteiger partial charge in [0.05, 0.1) is 19.8 Å². The van der Waals surface area contributed by atoms with Crippen molar-refractivity contribution in [2.45, 2.75) is 4.90 Å². The van der Waals surface area contributed by atoms with Crippen LogP contribution in [0, 0.1) is 5.82 Å². The third kappa shape index (κ3) is 6.36. The van der Waals surface area contributed by atoms with Crippen LogP contribution in [0.15, 0.2) is 35.7 Å². The summed E-state index contributed by atoms with van der Waals surface area (Å²) in [6.07, 6.45) is 1.33. The molecule has 1 rings (SSSR count). The molecule has 0 atom stereocenters. The predicted molar refractivity (Wildman–Crippen MR) is 86.8 cm³/mol. The Kier molecular flexibility index (Phi) is 8.55. The van der Waals surface area contributed by atoms with Gasteiger partial charge in [0.1, 0.15) is 10.7 Å². The highest BCUT2D eigenvalue weighted by Crippen LogP contribution is 2.16. The van der Waals surface area contributed by atoms with E-state index in [2.05, 4.69) is 16.6 Å². The van der Waals surface area contributed by atoms with Crippen molar-refractivity contribution < 1.29 is 27.1 Å². The normalized spacial score (nSPS) is 11.2. The molecule has 134 valence electrons. The van der Waals surface area contributed by atoms with Gasteiger partial charge in [-0.3, -0.25) is 4.79 Å². The maximum Gasteiger partial charge on any atom is 0.251 e. The minimum Gasteiger partial charge on any atom is -0.382 e. The van der Waals surface area contributed by atoms with E-state index in [-0.39, 0.29) is 25.3 Å². The quantitative estimate of drug-likeness (QED) is 0.447. The van der Waals surface area contributed by atoms with Crippen LogP contribution < -0.4 is 10.0 Å². The molecule has 0 saturated carbocycles. The first-order valence-corrected chi connectivity index (χ1v) is 8.65. The molecule has 0 heterocycles. The van der Waals surface area contributed by atoms with E-state index in [0.717, 1.165) is 12.1 Å². The molecule has 24 heavy (non-hydrogen) atoms. The number of halogens is 1. The lowest BCUT2D eigenvalue weighted by molar-refractivity contribution is 0.0692. The second kappa shape index (κ2) is 10.1. The van der Waals surface area contributed by atoms with Crippen LogP contribution in [-0.4, -0.2) is 54.3 Å². The van der Waals surface area contributed by atoms with Gasteiger partial charge >= 0.3 is 0 Å². The van der Waals surface area contributed by atoms with Crippen molar-refractivity contribution in [2.24, 2.45) is 0 Å². The molecule has 7 nitrogen and oxygen atoms in total. The second-order valence-electron chi connectivity index (χ2n) is 4.65. The number of rotatable bonds is 11. The van der Waals surface area contributed by atoms with E-state index in [1.807, 2.05) is 0 Å². The molecule has 0 radical (unpaired) electrons. The van der Waals surface area contributed by atoms with Gasteiger partial charge in [0.15, 0.2) is 0 Å². The first-order valence-electron chi connectivity index (χ1n) is 7.17. The van der Waals surface area contributed by atoms with Crippen LogP contribution in [0.5, 0.6) is 0 Å². The van der Waals surface area contributed by atoms with Gasteiger partial charge in [-0.05, 0) is 18.2 Å². The minimum atomic E-state index is -4.06. The molecule has 0 aliphatic rings. The van der Waals surface area contributed by atoms with Crippen LogP contribution in [0.1, 0.15) is 10.4 Å². The fraction of sp³-hybridized carbons (Fsp3) is 0.400. The van der Waals surface area contributed by atoms with Crippen LogP contribution in [0.3, 0.4) is 0 Å². The Morgan fingerprint density at radius 3 is 2.75 bits per heavy atom. The van der Waals surface area contributed by atoms with Crippen LogP contribution in [-0.2, 0) is 19.5 Å². The number of benzene rings is 1. The maximum absolute atomic E-state index is 13.8.